The van der Waals surface area contributed by atoms with Crippen LogP contribution in [0, 0.1) is 18.3 Å². The average molecular weight is 419 g/mol. The second-order valence-electron chi connectivity index (χ2n) is 7.72. The summed E-state index contributed by atoms with van der Waals surface area (Å²) in [4.78, 5) is 6.54. The van der Waals surface area contributed by atoms with Gasteiger partial charge in [-0.05, 0) is 44.9 Å². The Kier molecular flexibility index (Phi) is 7.08. The zero-order chi connectivity index (χ0) is 21.1. The fraction of sp³-hybridized carbons (Fsp3) is 0.476. The van der Waals surface area contributed by atoms with Crippen LogP contribution in [0.25, 0.3) is 0 Å². The zero-order valence-corrected chi connectivity index (χ0v) is 19.1. The summed E-state index contributed by atoms with van der Waals surface area (Å²) in [6.45, 7) is 12.4. The maximum atomic E-state index is 9.64. The molecule has 0 aliphatic rings. The Morgan fingerprint density at radius 3 is 2.68 bits per heavy atom. The van der Waals surface area contributed by atoms with E-state index in [-0.39, 0.29) is 5.41 Å². The van der Waals surface area contributed by atoms with Gasteiger partial charge in [0.05, 0.1) is 22.7 Å². The molecule has 7 heteroatoms. The molecule has 2 rings (SSSR count). The Morgan fingerprint density at radius 1 is 1.43 bits per heavy atom. The molecule has 1 aromatic carbocycles. The van der Waals surface area contributed by atoms with Gasteiger partial charge in [-0.2, -0.15) is 9.64 Å². The predicted octanol–water partition coefficient (Wildman–Crippen LogP) is 6.46. The Hall–Kier alpha value is -2.10. The van der Waals surface area contributed by atoms with E-state index < -0.39 is 0 Å². The fourth-order valence-corrected chi connectivity index (χ4v) is 3.39. The van der Waals surface area contributed by atoms with Gasteiger partial charge in [0.2, 0.25) is 5.06 Å². The minimum atomic E-state index is -0.191. The lowest BCUT2D eigenvalue weighted by atomic mass is 9.84. The van der Waals surface area contributed by atoms with E-state index in [2.05, 4.69) is 50.1 Å². The van der Waals surface area contributed by atoms with E-state index in [4.69, 9.17) is 16.3 Å². The van der Waals surface area contributed by atoms with Crippen molar-refractivity contribution < 1.29 is 4.74 Å². The van der Waals surface area contributed by atoms with Gasteiger partial charge in [-0.3, -0.25) is 0 Å². The molecule has 28 heavy (non-hydrogen) atoms. The van der Waals surface area contributed by atoms with Crippen LogP contribution in [0.1, 0.15) is 57.9 Å². The smallest absolute Gasteiger partial charge is 0.218 e. The second-order valence-corrected chi connectivity index (χ2v) is 8.86. The predicted molar refractivity (Wildman–Crippen MR) is 117 cm³/mol. The lowest BCUT2D eigenvalue weighted by Crippen LogP contribution is -2.24. The lowest BCUT2D eigenvalue weighted by Gasteiger charge is -2.20. The molecule has 0 fully saturated rings. The first kappa shape index (κ1) is 22.2. The molecule has 1 aromatic heterocycles. The van der Waals surface area contributed by atoms with E-state index >= 15 is 0 Å². The molecule has 2 aromatic rings. The first-order valence-corrected chi connectivity index (χ1v) is 10.4. The standard InChI is InChI=1S/C21H27ClN4OS/c1-8-21(5,6)19-15(11-23)20(28-25-19)27-18-9-14(4)17(10-16(18)22)24-12-26(7)13(2)3/h9-10,12-13H,8H2,1-7H3. The summed E-state index contributed by atoms with van der Waals surface area (Å²) in [6, 6.07) is 6.23. The summed E-state index contributed by atoms with van der Waals surface area (Å²) < 4.78 is 10.5. The number of nitrogens with zero attached hydrogens (tertiary/aromatic N) is 4. The summed E-state index contributed by atoms with van der Waals surface area (Å²) in [6.07, 6.45) is 2.67. The van der Waals surface area contributed by atoms with Gasteiger partial charge in [-0.15, -0.1) is 0 Å². The first-order valence-electron chi connectivity index (χ1n) is 9.25. The Bertz CT molecular complexity index is 912. The van der Waals surface area contributed by atoms with Gasteiger partial charge in [0.25, 0.3) is 0 Å². The number of aryl methyl sites for hydroxylation is 1. The minimum Gasteiger partial charge on any atom is -0.442 e. The number of aromatic nitrogens is 1. The molecule has 0 radical (unpaired) electrons. The minimum absolute atomic E-state index is 0.191. The van der Waals surface area contributed by atoms with Crippen molar-refractivity contribution >= 4 is 35.2 Å². The highest BCUT2D eigenvalue weighted by Gasteiger charge is 2.28. The molecule has 0 aliphatic carbocycles. The molecule has 0 saturated carbocycles. The van der Waals surface area contributed by atoms with Gasteiger partial charge in [0.15, 0.2) is 0 Å². The molecule has 150 valence electrons. The summed E-state index contributed by atoms with van der Waals surface area (Å²) in [5.41, 5.74) is 2.77. The van der Waals surface area contributed by atoms with Gasteiger partial charge in [-0.1, -0.05) is 32.4 Å². The molecule has 0 bridgehead atoms. The molecular weight excluding hydrogens is 392 g/mol. The number of aliphatic imine (C=N–C) groups is 1. The van der Waals surface area contributed by atoms with Crippen LogP contribution in [0.5, 0.6) is 10.8 Å². The molecule has 5 nitrogen and oxygen atoms in total. The number of halogens is 1. The van der Waals surface area contributed by atoms with Crippen molar-refractivity contribution in [1.29, 1.82) is 5.26 Å². The average Bonchev–Trinajstić information content (AvgIpc) is 3.06. The third-order valence-electron chi connectivity index (χ3n) is 4.94. The van der Waals surface area contributed by atoms with Crippen LogP contribution in [0.2, 0.25) is 5.02 Å². The molecular formula is C21H27ClN4OS. The number of hydrogen-bond donors (Lipinski definition) is 0. The zero-order valence-electron chi connectivity index (χ0n) is 17.5. The molecule has 0 N–H and O–H groups in total. The van der Waals surface area contributed by atoms with Crippen molar-refractivity contribution in [2.45, 2.75) is 59.4 Å². The topological polar surface area (TPSA) is 61.5 Å². The Labute approximate surface area is 176 Å². The molecule has 0 saturated heterocycles. The van der Waals surface area contributed by atoms with Crippen molar-refractivity contribution in [3.63, 3.8) is 0 Å². The highest BCUT2D eigenvalue weighted by Crippen LogP contribution is 2.41. The number of nitriles is 1. The highest BCUT2D eigenvalue weighted by molar-refractivity contribution is 7.08. The Morgan fingerprint density at radius 2 is 2.11 bits per heavy atom. The number of hydrogen-bond acceptors (Lipinski definition) is 5. The van der Waals surface area contributed by atoms with Crippen LogP contribution in [0.3, 0.4) is 0 Å². The van der Waals surface area contributed by atoms with E-state index in [1.54, 1.807) is 12.4 Å². The monoisotopic (exact) mass is 418 g/mol. The number of benzene rings is 1. The van der Waals surface area contributed by atoms with Crippen LogP contribution in [0.4, 0.5) is 5.69 Å². The van der Waals surface area contributed by atoms with Gasteiger partial charge >= 0.3 is 0 Å². The van der Waals surface area contributed by atoms with E-state index in [1.165, 1.54) is 11.5 Å². The maximum Gasteiger partial charge on any atom is 0.218 e. The molecule has 0 unspecified atom stereocenters. The van der Waals surface area contributed by atoms with Gasteiger partial charge < -0.3 is 9.64 Å². The van der Waals surface area contributed by atoms with E-state index in [0.717, 1.165) is 23.4 Å². The van der Waals surface area contributed by atoms with Crippen LogP contribution in [-0.4, -0.2) is 28.7 Å². The van der Waals surface area contributed by atoms with E-state index in [9.17, 15) is 5.26 Å². The van der Waals surface area contributed by atoms with Crippen molar-refractivity contribution in [3.8, 4) is 16.9 Å². The summed E-state index contributed by atoms with van der Waals surface area (Å²) in [5, 5.41) is 10.6. The highest BCUT2D eigenvalue weighted by atomic mass is 35.5. The van der Waals surface area contributed by atoms with Crippen molar-refractivity contribution in [3.05, 3.63) is 34.0 Å². The van der Waals surface area contributed by atoms with Crippen LogP contribution < -0.4 is 4.74 Å². The Balaban J connectivity index is 2.34. The van der Waals surface area contributed by atoms with Crippen LogP contribution >= 0.6 is 23.1 Å². The third kappa shape index (κ3) is 4.84. The van der Waals surface area contributed by atoms with Crippen molar-refractivity contribution in [2.24, 2.45) is 4.99 Å². The largest absolute Gasteiger partial charge is 0.442 e. The van der Waals surface area contributed by atoms with Gasteiger partial charge in [-0.25, -0.2) is 4.99 Å². The molecule has 1 heterocycles. The lowest BCUT2D eigenvalue weighted by molar-refractivity contribution is 0.429. The molecule has 0 aliphatic heterocycles. The summed E-state index contributed by atoms with van der Waals surface area (Å²) in [7, 11) is 1.98. The van der Waals surface area contributed by atoms with Gasteiger partial charge in [0, 0.05) is 30.0 Å². The summed E-state index contributed by atoms with van der Waals surface area (Å²) >= 11 is 7.62. The second kappa shape index (κ2) is 8.93. The molecule has 0 spiro atoms. The fourth-order valence-electron chi connectivity index (χ4n) is 2.32. The maximum absolute atomic E-state index is 9.64. The van der Waals surface area contributed by atoms with Crippen molar-refractivity contribution in [2.75, 3.05) is 7.05 Å². The quantitative estimate of drug-likeness (QED) is 0.382. The van der Waals surface area contributed by atoms with E-state index in [0.29, 0.717) is 27.4 Å². The first-order chi connectivity index (χ1) is 13.1. The van der Waals surface area contributed by atoms with E-state index in [1.807, 2.05) is 24.9 Å². The summed E-state index contributed by atoms with van der Waals surface area (Å²) in [5.74, 6) is 0.497. The molecule has 0 atom stereocenters. The number of rotatable bonds is 7. The number of ether oxygens (including phenoxy) is 1. The normalized spacial score (nSPS) is 11.9. The van der Waals surface area contributed by atoms with Gasteiger partial charge in [0.1, 0.15) is 17.4 Å². The molecule has 0 amide bonds. The van der Waals surface area contributed by atoms with Crippen LogP contribution in [-0.2, 0) is 5.41 Å². The third-order valence-corrected chi connectivity index (χ3v) is 5.97. The van der Waals surface area contributed by atoms with Crippen molar-refractivity contribution in [1.82, 2.24) is 9.27 Å². The SMILES string of the molecule is CCC(C)(C)c1nsc(Oc2cc(C)c(N=CN(C)C(C)C)cc2Cl)c1C#N. The van der Waals surface area contributed by atoms with Crippen LogP contribution in [0.15, 0.2) is 17.1 Å².